The highest BCUT2D eigenvalue weighted by atomic mass is 32.2. The quantitative estimate of drug-likeness (QED) is 0.427. The number of carbonyl (C=O) groups is 2. The van der Waals surface area contributed by atoms with Crippen molar-refractivity contribution in [1.82, 2.24) is 0 Å². The molecule has 2 rings (SSSR count). The molecule has 0 heterocycles. The zero-order valence-electron chi connectivity index (χ0n) is 15.7. The van der Waals surface area contributed by atoms with Crippen LogP contribution in [0.5, 0.6) is 23.0 Å². The molecule has 0 aliphatic heterocycles. The highest BCUT2D eigenvalue weighted by molar-refractivity contribution is 7.91. The van der Waals surface area contributed by atoms with Gasteiger partial charge in [0.25, 0.3) is 0 Å². The lowest BCUT2D eigenvalue weighted by molar-refractivity contribution is -0.146. The summed E-state index contributed by atoms with van der Waals surface area (Å²) in [6.45, 7) is 5.12. The van der Waals surface area contributed by atoms with Crippen LogP contribution in [0.4, 0.5) is 0 Å². The molecule has 0 spiro atoms. The number of sulfone groups is 1. The fourth-order valence-corrected chi connectivity index (χ4v) is 4.03. The van der Waals surface area contributed by atoms with E-state index in [2.05, 4.69) is 0 Å². The second-order valence-electron chi connectivity index (χ2n) is 6.19. The summed E-state index contributed by atoms with van der Waals surface area (Å²) in [5.41, 5.74) is 6.03. The highest BCUT2D eigenvalue weighted by Gasteiger charge is 2.20. The number of hydrogen-bond acceptors (Lipinski definition) is 7. The van der Waals surface area contributed by atoms with E-state index in [1.807, 2.05) is 0 Å². The molecule has 0 bridgehead atoms. The number of phenols is 1. The molecule has 0 radical (unpaired) electrons. The maximum absolute atomic E-state index is 12.3. The normalized spacial score (nSPS) is 11.1. The summed E-state index contributed by atoms with van der Waals surface area (Å²) in [4.78, 5) is 21.9. The Bertz CT molecular complexity index is 1010. The van der Waals surface area contributed by atoms with Gasteiger partial charge in [-0.15, -0.1) is 0 Å². The third kappa shape index (κ3) is 4.80. The Morgan fingerprint density at radius 3 is 2.21 bits per heavy atom. The van der Waals surface area contributed by atoms with Crippen LogP contribution in [0.3, 0.4) is 0 Å². The van der Waals surface area contributed by atoms with Gasteiger partial charge in [0.05, 0.1) is 5.75 Å². The Hall–Kier alpha value is -3.07. The Morgan fingerprint density at radius 1 is 1.07 bits per heavy atom. The first kappa shape index (κ1) is 21.2. The molecule has 150 valence electrons. The van der Waals surface area contributed by atoms with Crippen LogP contribution >= 0.6 is 0 Å². The number of ether oxygens (including phenoxy) is 2. The third-order valence-corrected chi connectivity index (χ3v) is 5.75. The van der Waals surface area contributed by atoms with Gasteiger partial charge in [0.2, 0.25) is 0 Å². The number of hydrogen-bond donors (Lipinski definition) is 2. The minimum atomic E-state index is -3.64. The first-order valence-electron chi connectivity index (χ1n) is 8.41. The van der Waals surface area contributed by atoms with Crippen LogP contribution in [0.2, 0.25) is 0 Å². The van der Waals surface area contributed by atoms with Gasteiger partial charge in [-0.2, -0.15) is 0 Å². The molecule has 8 nitrogen and oxygen atoms in total. The molecule has 28 heavy (non-hydrogen) atoms. The Morgan fingerprint density at radius 2 is 1.68 bits per heavy atom. The lowest BCUT2D eigenvalue weighted by atomic mass is 10.1. The standard InChI is InChI=1S/C19H21NO7S/c1-4-7-28(24,25)16-10-13(5-6-15(16)21)26-17-11(2)8-14(9-12(17)3)27-19(23)18(20)22/h5-6,8-10,21H,4,7H2,1-3H3,(H2,20,22). The summed E-state index contributed by atoms with van der Waals surface area (Å²) >= 11 is 0. The average molecular weight is 407 g/mol. The number of primary amides is 1. The molecule has 3 N–H and O–H groups in total. The molecule has 0 aromatic heterocycles. The average Bonchev–Trinajstić information content (AvgIpc) is 2.59. The maximum Gasteiger partial charge on any atom is 0.401 e. The number of nitrogens with two attached hydrogens (primary N) is 1. The number of amides is 1. The van der Waals surface area contributed by atoms with Gasteiger partial charge < -0.3 is 20.3 Å². The Balaban J connectivity index is 2.36. The van der Waals surface area contributed by atoms with Crippen LogP contribution in [0.15, 0.2) is 35.2 Å². The largest absolute Gasteiger partial charge is 0.507 e. The minimum absolute atomic E-state index is 0.0952. The van der Waals surface area contributed by atoms with E-state index in [9.17, 15) is 23.1 Å². The van der Waals surface area contributed by atoms with Gasteiger partial charge in [-0.05, 0) is 55.7 Å². The summed E-state index contributed by atoms with van der Waals surface area (Å²) in [5.74, 6) is -2.06. The molecule has 1 amide bonds. The van der Waals surface area contributed by atoms with E-state index >= 15 is 0 Å². The number of rotatable bonds is 6. The molecule has 0 fully saturated rings. The minimum Gasteiger partial charge on any atom is -0.507 e. The number of phenolic OH excluding ortho intramolecular Hbond substituents is 1. The molecule has 2 aromatic carbocycles. The van der Waals surface area contributed by atoms with Crippen LogP contribution in [0, 0.1) is 13.8 Å². The van der Waals surface area contributed by atoms with Crippen LogP contribution < -0.4 is 15.2 Å². The first-order valence-corrected chi connectivity index (χ1v) is 10.1. The van der Waals surface area contributed by atoms with Crippen LogP contribution in [-0.4, -0.2) is 31.2 Å². The van der Waals surface area contributed by atoms with Crippen molar-refractivity contribution in [3.8, 4) is 23.0 Å². The van der Waals surface area contributed by atoms with Gasteiger partial charge in [0.15, 0.2) is 9.84 Å². The second-order valence-corrected chi connectivity index (χ2v) is 8.27. The monoisotopic (exact) mass is 407 g/mol. The van der Waals surface area contributed by atoms with E-state index in [0.717, 1.165) is 0 Å². The SMILES string of the molecule is CCCS(=O)(=O)c1cc(Oc2c(C)cc(OC(=O)C(N)=O)cc2C)ccc1O. The fraction of sp³-hybridized carbons (Fsp3) is 0.263. The number of aryl methyl sites for hydroxylation is 2. The van der Waals surface area contributed by atoms with E-state index in [4.69, 9.17) is 15.2 Å². The van der Waals surface area contributed by atoms with Gasteiger partial charge in [-0.1, -0.05) is 6.92 Å². The van der Waals surface area contributed by atoms with E-state index in [0.29, 0.717) is 23.3 Å². The molecule has 9 heteroatoms. The van der Waals surface area contributed by atoms with E-state index in [-0.39, 0.29) is 27.9 Å². The lowest BCUT2D eigenvalue weighted by Crippen LogP contribution is -2.27. The van der Waals surface area contributed by atoms with Gasteiger partial charge in [0, 0.05) is 6.07 Å². The Kier molecular flexibility index (Phi) is 6.30. The van der Waals surface area contributed by atoms with Gasteiger partial charge in [-0.25, -0.2) is 13.2 Å². The van der Waals surface area contributed by atoms with E-state index in [1.165, 1.54) is 30.3 Å². The summed E-state index contributed by atoms with van der Waals surface area (Å²) in [6.07, 6.45) is 0.413. The van der Waals surface area contributed by atoms with Crippen molar-refractivity contribution < 1.29 is 32.6 Å². The summed E-state index contributed by atoms with van der Waals surface area (Å²) in [6, 6.07) is 6.93. The molecule has 0 saturated carbocycles. The molecular weight excluding hydrogens is 386 g/mol. The van der Waals surface area contributed by atoms with Crippen molar-refractivity contribution in [2.24, 2.45) is 5.73 Å². The summed E-state index contributed by atoms with van der Waals surface area (Å²) in [5, 5.41) is 9.92. The number of esters is 1. The maximum atomic E-state index is 12.3. The molecule has 0 saturated heterocycles. The van der Waals surface area contributed by atoms with Gasteiger partial charge >= 0.3 is 11.9 Å². The summed E-state index contributed by atoms with van der Waals surface area (Å²) in [7, 11) is -3.64. The van der Waals surface area contributed by atoms with Crippen molar-refractivity contribution in [2.45, 2.75) is 32.1 Å². The molecule has 0 aliphatic carbocycles. The predicted molar refractivity (Wildman–Crippen MR) is 101 cm³/mol. The molecular formula is C19H21NO7S. The van der Waals surface area contributed by atoms with Crippen molar-refractivity contribution in [3.63, 3.8) is 0 Å². The number of aromatic hydroxyl groups is 1. The molecule has 2 aromatic rings. The Labute approximate surface area is 162 Å². The summed E-state index contributed by atoms with van der Waals surface area (Å²) < 4.78 is 35.3. The molecule has 0 unspecified atom stereocenters. The van der Waals surface area contributed by atoms with Crippen molar-refractivity contribution in [3.05, 3.63) is 41.5 Å². The van der Waals surface area contributed by atoms with Crippen LogP contribution in [-0.2, 0) is 19.4 Å². The van der Waals surface area contributed by atoms with Crippen molar-refractivity contribution in [1.29, 1.82) is 0 Å². The predicted octanol–water partition coefficient (Wildman–Crippen LogP) is 2.38. The molecule has 0 aliphatic rings. The highest BCUT2D eigenvalue weighted by Crippen LogP contribution is 2.35. The topological polar surface area (TPSA) is 133 Å². The van der Waals surface area contributed by atoms with Crippen LogP contribution in [0.25, 0.3) is 0 Å². The zero-order chi connectivity index (χ0) is 21.1. The lowest BCUT2D eigenvalue weighted by Gasteiger charge is -2.15. The second kappa shape index (κ2) is 8.30. The first-order chi connectivity index (χ1) is 13.0. The van der Waals surface area contributed by atoms with Gasteiger partial charge in [0.1, 0.15) is 27.9 Å². The van der Waals surface area contributed by atoms with E-state index < -0.39 is 21.7 Å². The fourth-order valence-electron chi connectivity index (χ4n) is 2.59. The number of benzene rings is 2. The molecule has 0 atom stereocenters. The third-order valence-electron chi connectivity index (χ3n) is 3.80. The smallest absolute Gasteiger partial charge is 0.401 e. The van der Waals surface area contributed by atoms with Crippen molar-refractivity contribution >= 4 is 21.7 Å². The van der Waals surface area contributed by atoms with E-state index in [1.54, 1.807) is 20.8 Å². The van der Waals surface area contributed by atoms with Crippen LogP contribution in [0.1, 0.15) is 24.5 Å². The van der Waals surface area contributed by atoms with Crippen molar-refractivity contribution in [2.75, 3.05) is 5.75 Å². The zero-order valence-corrected chi connectivity index (χ0v) is 16.5. The number of carbonyl (C=O) groups excluding carboxylic acids is 2. The van der Waals surface area contributed by atoms with Gasteiger partial charge in [-0.3, -0.25) is 4.79 Å².